The molecule has 0 radical (unpaired) electrons. The summed E-state index contributed by atoms with van der Waals surface area (Å²) in [6.07, 6.45) is 4.35. The zero-order valence-electron chi connectivity index (χ0n) is 14.4. The summed E-state index contributed by atoms with van der Waals surface area (Å²) in [6, 6.07) is 6.59. The lowest BCUT2D eigenvalue weighted by atomic mass is 9.89. The third kappa shape index (κ3) is 5.59. The normalized spacial score (nSPS) is 21.5. The number of nitrogens with zero attached hydrogens (tertiary/aromatic N) is 1. The Labute approximate surface area is 140 Å². The molecule has 130 valence electrons. The van der Waals surface area contributed by atoms with Gasteiger partial charge in [-0.05, 0) is 55.3 Å². The van der Waals surface area contributed by atoms with E-state index in [0.29, 0.717) is 17.4 Å². The van der Waals surface area contributed by atoms with E-state index >= 15 is 0 Å². The van der Waals surface area contributed by atoms with Gasteiger partial charge in [0.05, 0.1) is 11.0 Å². The highest BCUT2D eigenvalue weighted by atomic mass is 32.2. The molecular weight excluding hydrogens is 310 g/mol. The van der Waals surface area contributed by atoms with E-state index in [1.54, 1.807) is 24.3 Å². The summed E-state index contributed by atoms with van der Waals surface area (Å²) < 4.78 is 23.0. The minimum atomic E-state index is -3.18. The number of likely N-dealkylation sites (tertiary alicyclic amines) is 1. The predicted molar refractivity (Wildman–Crippen MR) is 93.1 cm³/mol. The predicted octanol–water partition coefficient (Wildman–Crippen LogP) is 2.88. The van der Waals surface area contributed by atoms with Crippen LogP contribution in [0.1, 0.15) is 44.8 Å². The summed E-state index contributed by atoms with van der Waals surface area (Å²) in [5.74, 6) is 1.44. The molecule has 1 aliphatic rings. The molecule has 1 aliphatic heterocycles. The molecule has 0 aliphatic carbocycles. The quantitative estimate of drug-likeness (QED) is 0.866. The van der Waals surface area contributed by atoms with Gasteiger partial charge in [-0.1, -0.05) is 26.0 Å². The van der Waals surface area contributed by atoms with Gasteiger partial charge in [-0.3, -0.25) is 0 Å². The van der Waals surface area contributed by atoms with Crippen LogP contribution in [0.2, 0.25) is 0 Å². The lowest BCUT2D eigenvalue weighted by Gasteiger charge is -2.34. The fourth-order valence-corrected chi connectivity index (χ4v) is 4.09. The summed E-state index contributed by atoms with van der Waals surface area (Å²) in [6.45, 7) is 7.23. The maximum absolute atomic E-state index is 11.5. The van der Waals surface area contributed by atoms with Gasteiger partial charge in [0.2, 0.25) is 0 Å². The van der Waals surface area contributed by atoms with Crippen molar-refractivity contribution in [2.45, 2.75) is 44.1 Å². The van der Waals surface area contributed by atoms with Crippen LogP contribution in [0.5, 0.6) is 0 Å². The highest BCUT2D eigenvalue weighted by Crippen LogP contribution is 2.25. The zero-order valence-corrected chi connectivity index (χ0v) is 15.2. The summed E-state index contributed by atoms with van der Waals surface area (Å²) in [5.41, 5.74) is 0.781. The molecule has 5 heteroatoms. The number of aliphatic hydroxyl groups is 1. The zero-order chi connectivity index (χ0) is 17.0. The first-order chi connectivity index (χ1) is 10.8. The number of sulfone groups is 1. The Bertz CT molecular complexity index is 595. The van der Waals surface area contributed by atoms with Crippen molar-refractivity contribution in [2.24, 2.45) is 11.8 Å². The first-order valence-electron chi connectivity index (χ1n) is 8.46. The maximum atomic E-state index is 11.5. The van der Waals surface area contributed by atoms with Crippen LogP contribution in [0.4, 0.5) is 0 Å². The molecule has 4 nitrogen and oxygen atoms in total. The molecule has 1 N–H and O–H groups in total. The van der Waals surface area contributed by atoms with Gasteiger partial charge in [0.15, 0.2) is 9.84 Å². The molecule has 0 spiro atoms. The third-order valence-electron chi connectivity index (χ3n) is 4.53. The molecule has 2 rings (SSSR count). The molecule has 0 saturated carbocycles. The van der Waals surface area contributed by atoms with Crippen LogP contribution in [0, 0.1) is 11.8 Å². The van der Waals surface area contributed by atoms with Crippen molar-refractivity contribution in [2.75, 3.05) is 25.9 Å². The second-order valence-corrected chi connectivity index (χ2v) is 9.27. The van der Waals surface area contributed by atoms with E-state index < -0.39 is 15.9 Å². The Morgan fingerprint density at radius 2 is 1.91 bits per heavy atom. The second kappa shape index (κ2) is 7.77. The lowest BCUT2D eigenvalue weighted by molar-refractivity contribution is 0.0800. The molecule has 1 fully saturated rings. The average molecular weight is 340 g/mol. The molecule has 2 atom stereocenters. The SMILES string of the molecule is CC(C)CC1CCCN(CC(O)c2ccc(S(C)(=O)=O)cc2)C1. The van der Waals surface area contributed by atoms with Gasteiger partial charge in [-0.25, -0.2) is 8.42 Å². The molecule has 1 aromatic carbocycles. The minimum absolute atomic E-state index is 0.295. The number of piperidine rings is 1. The van der Waals surface area contributed by atoms with Crippen LogP contribution >= 0.6 is 0 Å². The molecule has 0 aromatic heterocycles. The molecule has 0 amide bonds. The van der Waals surface area contributed by atoms with Crippen molar-refractivity contribution in [3.05, 3.63) is 29.8 Å². The standard InChI is InChI=1S/C18H29NO3S/c1-14(2)11-15-5-4-10-19(12-15)13-18(20)16-6-8-17(9-7-16)23(3,21)22/h6-9,14-15,18,20H,4-5,10-13H2,1-3H3. The Kier molecular flexibility index (Phi) is 6.23. The number of aliphatic hydroxyl groups excluding tert-OH is 1. The van der Waals surface area contributed by atoms with Gasteiger partial charge < -0.3 is 10.0 Å². The van der Waals surface area contributed by atoms with Crippen molar-refractivity contribution >= 4 is 9.84 Å². The van der Waals surface area contributed by atoms with Crippen molar-refractivity contribution in [3.8, 4) is 0 Å². The topological polar surface area (TPSA) is 57.6 Å². The molecule has 2 unspecified atom stereocenters. The van der Waals surface area contributed by atoms with Crippen molar-refractivity contribution in [1.29, 1.82) is 0 Å². The summed E-state index contributed by atoms with van der Waals surface area (Å²) >= 11 is 0. The Morgan fingerprint density at radius 3 is 2.48 bits per heavy atom. The van der Waals surface area contributed by atoms with Crippen molar-refractivity contribution in [1.82, 2.24) is 4.90 Å². The van der Waals surface area contributed by atoms with Gasteiger partial charge in [-0.15, -0.1) is 0 Å². The lowest BCUT2D eigenvalue weighted by Crippen LogP contribution is -2.38. The largest absolute Gasteiger partial charge is 0.387 e. The Morgan fingerprint density at radius 1 is 1.26 bits per heavy atom. The van der Waals surface area contributed by atoms with Crippen LogP contribution in [0.25, 0.3) is 0 Å². The van der Waals surface area contributed by atoms with Crippen LogP contribution in [-0.4, -0.2) is 44.3 Å². The molecule has 23 heavy (non-hydrogen) atoms. The van der Waals surface area contributed by atoms with Crippen molar-refractivity contribution < 1.29 is 13.5 Å². The molecule has 0 bridgehead atoms. The monoisotopic (exact) mass is 339 g/mol. The first kappa shape index (κ1) is 18.4. The van der Waals surface area contributed by atoms with Crippen molar-refractivity contribution in [3.63, 3.8) is 0 Å². The number of rotatable bonds is 6. The number of hydrogen-bond acceptors (Lipinski definition) is 4. The molecular formula is C18H29NO3S. The van der Waals surface area contributed by atoms with Gasteiger partial charge in [0.25, 0.3) is 0 Å². The summed E-state index contributed by atoms with van der Waals surface area (Å²) in [5, 5.41) is 10.4. The first-order valence-corrected chi connectivity index (χ1v) is 10.3. The molecule has 1 aromatic rings. The van der Waals surface area contributed by atoms with Gasteiger partial charge >= 0.3 is 0 Å². The fraction of sp³-hybridized carbons (Fsp3) is 0.667. The Hall–Kier alpha value is -0.910. The van der Waals surface area contributed by atoms with E-state index in [0.717, 1.165) is 24.6 Å². The number of β-amino-alcohol motifs (C(OH)–C–C–N with tert-alkyl or cyclic N) is 1. The van der Waals surface area contributed by atoms with E-state index in [4.69, 9.17) is 0 Å². The second-order valence-electron chi connectivity index (χ2n) is 7.25. The highest BCUT2D eigenvalue weighted by molar-refractivity contribution is 7.90. The average Bonchev–Trinajstić information content (AvgIpc) is 2.46. The highest BCUT2D eigenvalue weighted by Gasteiger charge is 2.23. The fourth-order valence-electron chi connectivity index (χ4n) is 3.46. The summed E-state index contributed by atoms with van der Waals surface area (Å²) in [7, 11) is -3.18. The molecule has 1 heterocycles. The minimum Gasteiger partial charge on any atom is -0.387 e. The van der Waals surface area contributed by atoms with E-state index in [1.807, 2.05) is 0 Å². The number of hydrogen-bond donors (Lipinski definition) is 1. The van der Waals surface area contributed by atoms with Crippen LogP contribution in [0.15, 0.2) is 29.2 Å². The Balaban J connectivity index is 1.94. The summed E-state index contributed by atoms with van der Waals surface area (Å²) in [4.78, 5) is 2.63. The van der Waals surface area contributed by atoms with Gasteiger partial charge in [0, 0.05) is 19.3 Å². The smallest absolute Gasteiger partial charge is 0.175 e. The van der Waals surface area contributed by atoms with Gasteiger partial charge in [0.1, 0.15) is 0 Å². The number of benzene rings is 1. The van der Waals surface area contributed by atoms with Crippen LogP contribution in [-0.2, 0) is 9.84 Å². The van der Waals surface area contributed by atoms with Gasteiger partial charge in [-0.2, -0.15) is 0 Å². The molecule has 1 saturated heterocycles. The third-order valence-corrected chi connectivity index (χ3v) is 5.66. The van der Waals surface area contributed by atoms with Crippen LogP contribution < -0.4 is 0 Å². The van der Waals surface area contributed by atoms with E-state index in [9.17, 15) is 13.5 Å². The van der Waals surface area contributed by atoms with E-state index in [-0.39, 0.29) is 0 Å². The van der Waals surface area contributed by atoms with E-state index in [1.165, 1.54) is 25.5 Å². The van der Waals surface area contributed by atoms with Crippen LogP contribution in [0.3, 0.4) is 0 Å². The van der Waals surface area contributed by atoms with E-state index in [2.05, 4.69) is 18.7 Å². The maximum Gasteiger partial charge on any atom is 0.175 e.